The lowest BCUT2D eigenvalue weighted by Crippen LogP contribution is -2.12. The van der Waals surface area contributed by atoms with Crippen molar-refractivity contribution in [1.82, 2.24) is 0 Å². The third kappa shape index (κ3) is 3.66. The fraction of sp³-hybridized carbons (Fsp3) is 0.625. The molecule has 0 atom stereocenters. The van der Waals surface area contributed by atoms with Gasteiger partial charge < -0.3 is 0 Å². The second kappa shape index (κ2) is 7.49. The largest absolute Gasteiger partial charge is 0.0683 e. The first-order chi connectivity index (χ1) is 7.90. The molecule has 0 bridgehead atoms. The summed E-state index contributed by atoms with van der Waals surface area (Å²) < 4.78 is 0. The Bertz CT molecular complexity index is 255. The monoisotopic (exact) mass is 218 g/mol. The molecule has 0 aromatic heterocycles. The van der Waals surface area contributed by atoms with Crippen molar-refractivity contribution in [2.75, 3.05) is 0 Å². The van der Waals surface area contributed by atoms with Gasteiger partial charge in [-0.1, -0.05) is 57.5 Å². The van der Waals surface area contributed by atoms with Crippen LogP contribution in [0.15, 0.2) is 30.3 Å². The Morgan fingerprint density at radius 2 is 1.50 bits per heavy atom. The molecule has 1 aromatic carbocycles. The van der Waals surface area contributed by atoms with Crippen molar-refractivity contribution in [1.29, 1.82) is 0 Å². The maximum Gasteiger partial charge on any atom is -0.0162 e. The summed E-state index contributed by atoms with van der Waals surface area (Å²) in [7, 11) is 0. The Morgan fingerprint density at radius 3 is 2.00 bits per heavy atom. The van der Waals surface area contributed by atoms with Crippen LogP contribution in [0.2, 0.25) is 0 Å². The molecular weight excluding hydrogens is 192 g/mol. The Morgan fingerprint density at radius 1 is 0.938 bits per heavy atom. The zero-order valence-corrected chi connectivity index (χ0v) is 11.1. The summed E-state index contributed by atoms with van der Waals surface area (Å²) in [5.74, 6) is 1.86. The van der Waals surface area contributed by atoms with Gasteiger partial charge in [0.2, 0.25) is 0 Å². The van der Waals surface area contributed by atoms with Crippen molar-refractivity contribution in [2.24, 2.45) is 5.92 Å². The lowest BCUT2D eigenvalue weighted by molar-refractivity contribution is 0.319. The molecule has 0 aliphatic heterocycles. The number of hydrogen-bond donors (Lipinski definition) is 0. The molecule has 0 saturated heterocycles. The predicted octanol–water partition coefficient (Wildman–Crippen LogP) is 5.40. The quantitative estimate of drug-likeness (QED) is 0.623. The van der Waals surface area contributed by atoms with E-state index in [4.69, 9.17) is 0 Å². The van der Waals surface area contributed by atoms with Crippen molar-refractivity contribution in [3.05, 3.63) is 35.9 Å². The van der Waals surface area contributed by atoms with Crippen LogP contribution in [0.4, 0.5) is 0 Å². The topological polar surface area (TPSA) is 0 Å². The van der Waals surface area contributed by atoms with Gasteiger partial charge in [-0.25, -0.2) is 0 Å². The predicted molar refractivity (Wildman–Crippen MR) is 72.8 cm³/mol. The molecule has 0 heterocycles. The first-order valence-electron chi connectivity index (χ1n) is 6.95. The van der Waals surface area contributed by atoms with Crippen LogP contribution in [0.1, 0.15) is 64.4 Å². The van der Waals surface area contributed by atoms with E-state index < -0.39 is 0 Å². The van der Waals surface area contributed by atoms with Crippen molar-refractivity contribution in [3.8, 4) is 0 Å². The molecule has 1 saturated carbocycles. The Kier molecular flexibility index (Phi) is 6.22. The molecule has 0 radical (unpaired) electrons. The van der Waals surface area contributed by atoms with Crippen LogP contribution >= 0.6 is 0 Å². The van der Waals surface area contributed by atoms with Crippen molar-refractivity contribution in [3.63, 3.8) is 0 Å². The Balaban J connectivity index is 0.000000606. The van der Waals surface area contributed by atoms with Crippen LogP contribution in [0, 0.1) is 5.92 Å². The summed E-state index contributed by atoms with van der Waals surface area (Å²) in [4.78, 5) is 0. The van der Waals surface area contributed by atoms with Gasteiger partial charge in [0, 0.05) is 0 Å². The van der Waals surface area contributed by atoms with E-state index in [1.165, 1.54) is 32.1 Å². The molecule has 2 rings (SSSR count). The minimum Gasteiger partial charge on any atom is -0.0683 e. The molecule has 1 fully saturated rings. The van der Waals surface area contributed by atoms with Crippen molar-refractivity contribution >= 4 is 0 Å². The van der Waals surface area contributed by atoms with Gasteiger partial charge in [0.05, 0.1) is 0 Å². The first-order valence-corrected chi connectivity index (χ1v) is 6.95. The van der Waals surface area contributed by atoms with Gasteiger partial charge in [0.15, 0.2) is 0 Å². The molecule has 1 aliphatic carbocycles. The van der Waals surface area contributed by atoms with E-state index >= 15 is 0 Å². The zero-order chi connectivity index (χ0) is 11.8. The molecule has 0 spiro atoms. The molecule has 0 N–H and O–H groups in total. The summed E-state index contributed by atoms with van der Waals surface area (Å²) >= 11 is 0. The zero-order valence-electron chi connectivity index (χ0n) is 11.1. The van der Waals surface area contributed by atoms with Crippen LogP contribution in [-0.2, 0) is 0 Å². The molecule has 1 aliphatic rings. The Labute approximate surface area is 101 Å². The summed E-state index contributed by atoms with van der Waals surface area (Å²) in [6, 6.07) is 11.0. The van der Waals surface area contributed by atoms with Gasteiger partial charge in [0.25, 0.3) is 0 Å². The van der Waals surface area contributed by atoms with Gasteiger partial charge in [-0.2, -0.15) is 0 Å². The summed E-state index contributed by atoms with van der Waals surface area (Å²) in [5.41, 5.74) is 1.56. The molecule has 0 amide bonds. The summed E-state index contributed by atoms with van der Waals surface area (Å²) in [5, 5.41) is 0. The highest BCUT2D eigenvalue weighted by Crippen LogP contribution is 2.36. The maximum atomic E-state index is 2.33. The van der Waals surface area contributed by atoms with Crippen LogP contribution in [-0.4, -0.2) is 0 Å². The molecule has 90 valence electrons. The molecule has 0 unspecified atom stereocenters. The number of benzene rings is 1. The van der Waals surface area contributed by atoms with E-state index in [0.717, 1.165) is 11.8 Å². The highest BCUT2D eigenvalue weighted by Gasteiger charge is 2.20. The summed E-state index contributed by atoms with van der Waals surface area (Å²) in [6.07, 6.45) is 7.07. The van der Waals surface area contributed by atoms with Gasteiger partial charge in [0.1, 0.15) is 0 Å². The van der Waals surface area contributed by atoms with Gasteiger partial charge in [-0.15, -0.1) is 0 Å². The minimum atomic E-state index is 0.846. The molecule has 1 aromatic rings. The van der Waals surface area contributed by atoms with Crippen LogP contribution in [0.25, 0.3) is 0 Å². The number of hydrogen-bond acceptors (Lipinski definition) is 0. The van der Waals surface area contributed by atoms with Crippen LogP contribution < -0.4 is 0 Å². The fourth-order valence-electron chi connectivity index (χ4n) is 2.63. The van der Waals surface area contributed by atoms with Crippen LogP contribution in [0.3, 0.4) is 0 Å². The normalized spacial score (nSPS) is 24.4. The third-order valence-corrected chi connectivity index (χ3v) is 3.70. The van der Waals surface area contributed by atoms with E-state index in [9.17, 15) is 0 Å². The van der Waals surface area contributed by atoms with E-state index in [2.05, 4.69) is 37.3 Å². The maximum absolute atomic E-state index is 2.33. The average Bonchev–Trinajstić information content (AvgIpc) is 2.42. The van der Waals surface area contributed by atoms with E-state index in [1.807, 2.05) is 13.8 Å². The van der Waals surface area contributed by atoms with E-state index in [0.29, 0.717) is 0 Å². The lowest BCUT2D eigenvalue weighted by Gasteiger charge is -2.27. The van der Waals surface area contributed by atoms with Crippen molar-refractivity contribution < 1.29 is 0 Å². The lowest BCUT2D eigenvalue weighted by atomic mass is 9.78. The van der Waals surface area contributed by atoms with Gasteiger partial charge in [-0.05, 0) is 43.1 Å². The SMILES string of the molecule is CC.CCC1CCC(c2ccccc2)CC1. The molecule has 16 heavy (non-hydrogen) atoms. The molecule has 0 nitrogen and oxygen atoms in total. The molecule has 0 heteroatoms. The highest BCUT2D eigenvalue weighted by molar-refractivity contribution is 5.19. The first kappa shape index (κ1) is 13.3. The second-order valence-corrected chi connectivity index (χ2v) is 4.54. The minimum absolute atomic E-state index is 0.846. The van der Waals surface area contributed by atoms with E-state index in [-0.39, 0.29) is 0 Å². The standard InChI is InChI=1S/C14H20.C2H6/c1-2-12-8-10-14(11-9-12)13-6-4-3-5-7-13;1-2/h3-7,12,14H,2,8-11H2,1H3;1-2H3. The smallest absolute Gasteiger partial charge is 0.0162 e. The number of rotatable bonds is 2. The fourth-order valence-corrected chi connectivity index (χ4v) is 2.63. The van der Waals surface area contributed by atoms with E-state index in [1.54, 1.807) is 5.56 Å². The van der Waals surface area contributed by atoms with Gasteiger partial charge >= 0.3 is 0 Å². The molecular formula is C16H26. The van der Waals surface area contributed by atoms with Gasteiger partial charge in [-0.3, -0.25) is 0 Å². The highest BCUT2D eigenvalue weighted by atomic mass is 14.3. The van der Waals surface area contributed by atoms with Crippen molar-refractivity contribution in [2.45, 2.75) is 58.8 Å². The Hall–Kier alpha value is -0.780. The third-order valence-electron chi connectivity index (χ3n) is 3.70. The van der Waals surface area contributed by atoms with Crippen LogP contribution in [0.5, 0.6) is 0 Å². The average molecular weight is 218 g/mol. The second-order valence-electron chi connectivity index (χ2n) is 4.54. The summed E-state index contributed by atoms with van der Waals surface area (Å²) in [6.45, 7) is 6.33.